The lowest BCUT2D eigenvalue weighted by atomic mass is 9.91. The zero-order valence-corrected chi connectivity index (χ0v) is 18.6. The molecule has 1 saturated heterocycles. The normalized spacial score (nSPS) is 19.6. The van der Waals surface area contributed by atoms with Crippen LogP contribution in [0, 0.1) is 5.82 Å². The van der Waals surface area contributed by atoms with E-state index in [1.54, 1.807) is 11.0 Å². The first-order valence-corrected chi connectivity index (χ1v) is 10.7. The monoisotopic (exact) mass is 443 g/mol. The molecule has 0 spiro atoms. The van der Waals surface area contributed by atoms with Crippen LogP contribution in [-0.2, 0) is 11.2 Å². The highest BCUT2D eigenvalue weighted by atomic mass is 35.5. The van der Waals surface area contributed by atoms with Gasteiger partial charge in [0, 0.05) is 36.7 Å². The van der Waals surface area contributed by atoms with E-state index in [1.807, 2.05) is 14.0 Å². The van der Waals surface area contributed by atoms with Crippen molar-refractivity contribution in [1.29, 1.82) is 0 Å². The van der Waals surface area contributed by atoms with E-state index >= 15 is 0 Å². The number of carbonyl (C=O) groups is 1. The number of hydrogen-bond acceptors (Lipinski definition) is 4. The van der Waals surface area contributed by atoms with E-state index in [1.165, 1.54) is 17.7 Å². The molecule has 164 valence electrons. The van der Waals surface area contributed by atoms with Gasteiger partial charge in [0.2, 0.25) is 5.91 Å². The highest BCUT2D eigenvalue weighted by Gasteiger charge is 2.31. The molecule has 2 aromatic carbocycles. The van der Waals surface area contributed by atoms with Crippen LogP contribution in [0.1, 0.15) is 48.4 Å². The number of nitrogens with zero attached hydrogens (tertiary/aromatic N) is 3. The SMILES string of the molecule is CC1C(=O)N(C)c2ccc(CCN3CCC(c4noc5cc(F)ccc45)CC3)cc21.Cl. The summed E-state index contributed by atoms with van der Waals surface area (Å²) in [6.07, 6.45) is 3.04. The number of likely N-dealkylation sites (tertiary alicyclic amines) is 1. The molecule has 0 radical (unpaired) electrons. The van der Waals surface area contributed by atoms with Crippen LogP contribution in [-0.4, -0.2) is 42.6 Å². The topological polar surface area (TPSA) is 49.6 Å². The maximum absolute atomic E-state index is 13.4. The summed E-state index contributed by atoms with van der Waals surface area (Å²) in [5, 5.41) is 5.17. The average molecular weight is 444 g/mol. The summed E-state index contributed by atoms with van der Waals surface area (Å²) in [6.45, 7) is 5.03. The summed E-state index contributed by atoms with van der Waals surface area (Å²) >= 11 is 0. The molecule has 1 aromatic heterocycles. The molecule has 2 aliphatic heterocycles. The van der Waals surface area contributed by atoms with Gasteiger partial charge in [-0.25, -0.2) is 4.39 Å². The Labute approximate surface area is 187 Å². The first-order valence-electron chi connectivity index (χ1n) is 10.7. The summed E-state index contributed by atoms with van der Waals surface area (Å²) < 4.78 is 18.7. The van der Waals surface area contributed by atoms with Crippen molar-refractivity contribution in [2.24, 2.45) is 0 Å². The van der Waals surface area contributed by atoms with Gasteiger partial charge >= 0.3 is 0 Å². The van der Waals surface area contributed by atoms with Crippen molar-refractivity contribution in [3.05, 3.63) is 59.0 Å². The van der Waals surface area contributed by atoms with Crippen molar-refractivity contribution >= 4 is 35.0 Å². The van der Waals surface area contributed by atoms with Crippen molar-refractivity contribution in [3.8, 4) is 0 Å². The Morgan fingerprint density at radius 3 is 2.71 bits per heavy atom. The van der Waals surface area contributed by atoms with Gasteiger partial charge in [0.1, 0.15) is 5.82 Å². The van der Waals surface area contributed by atoms with Gasteiger partial charge in [0.25, 0.3) is 0 Å². The van der Waals surface area contributed by atoms with Crippen LogP contribution < -0.4 is 4.90 Å². The minimum Gasteiger partial charge on any atom is -0.356 e. The predicted octanol–water partition coefficient (Wildman–Crippen LogP) is 4.89. The van der Waals surface area contributed by atoms with E-state index in [0.29, 0.717) is 11.5 Å². The number of halogens is 2. The Morgan fingerprint density at radius 2 is 1.94 bits per heavy atom. The summed E-state index contributed by atoms with van der Waals surface area (Å²) in [5.41, 5.74) is 4.97. The maximum Gasteiger partial charge on any atom is 0.234 e. The number of fused-ring (bicyclic) bond motifs is 2. The lowest BCUT2D eigenvalue weighted by Gasteiger charge is -2.31. The predicted molar refractivity (Wildman–Crippen MR) is 122 cm³/mol. The highest BCUT2D eigenvalue weighted by Crippen LogP contribution is 2.37. The first-order chi connectivity index (χ1) is 14.5. The van der Waals surface area contributed by atoms with Gasteiger partial charge in [0.15, 0.2) is 5.58 Å². The van der Waals surface area contributed by atoms with Crippen LogP contribution in [0.15, 0.2) is 40.9 Å². The number of benzene rings is 2. The first kappa shape index (κ1) is 21.8. The third-order valence-corrected chi connectivity index (χ3v) is 6.77. The Bertz CT molecular complexity index is 1110. The summed E-state index contributed by atoms with van der Waals surface area (Å²) in [5.74, 6) is 0.186. The smallest absolute Gasteiger partial charge is 0.234 e. The van der Waals surface area contributed by atoms with Gasteiger partial charge in [0.05, 0.1) is 11.6 Å². The van der Waals surface area contributed by atoms with Gasteiger partial charge in [-0.05, 0) is 68.6 Å². The van der Waals surface area contributed by atoms with Crippen LogP contribution in [0.25, 0.3) is 11.0 Å². The summed E-state index contributed by atoms with van der Waals surface area (Å²) in [6, 6.07) is 11.1. The van der Waals surface area contributed by atoms with Crippen molar-refractivity contribution in [2.75, 3.05) is 31.6 Å². The zero-order chi connectivity index (χ0) is 20.8. The molecule has 1 unspecified atom stereocenters. The number of carbonyl (C=O) groups excluding carboxylic acids is 1. The number of rotatable bonds is 4. The lowest BCUT2D eigenvalue weighted by molar-refractivity contribution is -0.118. The summed E-state index contributed by atoms with van der Waals surface area (Å²) in [7, 11) is 1.85. The van der Waals surface area contributed by atoms with Crippen LogP contribution in [0.4, 0.5) is 10.1 Å². The standard InChI is InChI=1S/C24H26FN3O2.ClH/c1-15-20-13-16(3-6-21(20)27(2)24(15)29)7-10-28-11-8-17(9-12-28)23-19-5-4-18(25)14-22(19)30-26-23;/h3-6,13-15,17H,7-12H2,1-2H3;1H. The molecule has 3 aromatic rings. The van der Waals surface area contributed by atoms with Crippen molar-refractivity contribution < 1.29 is 13.7 Å². The van der Waals surface area contributed by atoms with Crippen molar-refractivity contribution in [1.82, 2.24) is 10.1 Å². The molecule has 2 aliphatic rings. The number of likely N-dealkylation sites (N-methyl/N-ethyl adjacent to an activating group) is 1. The van der Waals surface area contributed by atoms with Gasteiger partial charge in [-0.3, -0.25) is 4.79 Å². The van der Waals surface area contributed by atoms with E-state index in [-0.39, 0.29) is 30.0 Å². The minimum atomic E-state index is -0.294. The molecule has 1 amide bonds. The third-order valence-electron chi connectivity index (χ3n) is 6.77. The van der Waals surface area contributed by atoms with Gasteiger partial charge in [-0.1, -0.05) is 17.3 Å². The number of aromatic nitrogens is 1. The fourth-order valence-electron chi connectivity index (χ4n) is 4.90. The van der Waals surface area contributed by atoms with Crippen molar-refractivity contribution in [2.45, 2.75) is 38.0 Å². The van der Waals surface area contributed by atoms with Crippen LogP contribution in [0.3, 0.4) is 0 Å². The number of hydrogen-bond donors (Lipinski definition) is 0. The molecule has 1 fully saturated rings. The fraction of sp³-hybridized carbons (Fsp3) is 0.417. The number of amides is 1. The quantitative estimate of drug-likeness (QED) is 0.576. The largest absolute Gasteiger partial charge is 0.356 e. The van der Waals surface area contributed by atoms with Crippen molar-refractivity contribution in [3.63, 3.8) is 0 Å². The second-order valence-corrected chi connectivity index (χ2v) is 8.59. The van der Waals surface area contributed by atoms with Crippen LogP contribution >= 0.6 is 12.4 Å². The minimum absolute atomic E-state index is 0. The second kappa shape index (κ2) is 8.60. The molecular weight excluding hydrogens is 417 g/mol. The number of anilines is 1. The van der Waals surface area contributed by atoms with E-state index in [4.69, 9.17) is 4.52 Å². The third kappa shape index (κ3) is 3.94. The van der Waals surface area contributed by atoms with Gasteiger partial charge < -0.3 is 14.3 Å². The van der Waals surface area contributed by atoms with Crippen LogP contribution in [0.2, 0.25) is 0 Å². The molecular formula is C24H27ClFN3O2. The number of piperidine rings is 1. The van der Waals surface area contributed by atoms with Gasteiger partial charge in [-0.2, -0.15) is 0 Å². The molecule has 0 saturated carbocycles. The fourth-order valence-corrected chi connectivity index (χ4v) is 4.90. The maximum atomic E-state index is 13.4. The lowest BCUT2D eigenvalue weighted by Crippen LogP contribution is -2.34. The molecule has 0 aliphatic carbocycles. The van der Waals surface area contributed by atoms with E-state index in [2.05, 4.69) is 28.3 Å². The Hall–Kier alpha value is -2.44. The molecule has 3 heterocycles. The van der Waals surface area contributed by atoms with E-state index < -0.39 is 0 Å². The molecule has 1 atom stereocenters. The Kier molecular flexibility index (Phi) is 6.04. The second-order valence-electron chi connectivity index (χ2n) is 8.59. The molecule has 5 nitrogen and oxygen atoms in total. The molecule has 0 bridgehead atoms. The molecule has 5 rings (SSSR count). The highest BCUT2D eigenvalue weighted by molar-refractivity contribution is 6.04. The Balaban J connectivity index is 0.00000231. The molecule has 0 N–H and O–H groups in total. The van der Waals surface area contributed by atoms with Crippen LogP contribution in [0.5, 0.6) is 0 Å². The summed E-state index contributed by atoms with van der Waals surface area (Å²) in [4.78, 5) is 16.4. The Morgan fingerprint density at radius 1 is 1.16 bits per heavy atom. The molecule has 7 heteroatoms. The zero-order valence-electron chi connectivity index (χ0n) is 17.8. The van der Waals surface area contributed by atoms with Gasteiger partial charge in [-0.15, -0.1) is 12.4 Å². The van der Waals surface area contributed by atoms with E-state index in [0.717, 1.165) is 61.2 Å². The average Bonchev–Trinajstić information content (AvgIpc) is 3.27. The molecule has 31 heavy (non-hydrogen) atoms. The van der Waals surface area contributed by atoms with E-state index in [9.17, 15) is 9.18 Å².